The standard InChI is InChI=1S/C50H68N4O6.C30H56N8.C19H34N2O2.C14H31NO2Si/c1-45(2)25-34(26-46(3,4)30-45)53-38(55)22-31(41(53)57)24-50(10,33-20-16-13-17-21-33)40-36(42(58)52(11)44(40)60)29-49(9,32-18-14-12-15-19-32)37-23-39(56)54(43(37)59)35-27-47(5,6)51-48(7,8)28-35;1-21-31-25(33-22-14-12-11-13-15-22)34-26(32-21)38(24-18-29(6,7)36-30(8,9)19-24)20-37(10)23-16-27(2,3)35-28(4,5)17-23;1-8-12(2)9-15-13(3)16(22)21(17(15)23)14-10-18(4,5)20-19(6,7)11-14;1-13(2)10-12(11-14(3,4)15-13)17-8-7-9-18(5,6)16/h12-21,31,34-37,40,51H,22-30H2,1-11H3;22-24,35-36H,11-20H2,1-10H3,(H,31,32,33,34);12-15,20H,8-11H2,1-7H3;12,15-16H,7-11H2,1-6H3. The summed E-state index contributed by atoms with van der Waals surface area (Å²) in [5.74, 6) is -2.07. The quantitative estimate of drug-likeness (QED) is 0.0170. The van der Waals surface area contributed by atoms with Crippen LogP contribution in [0.4, 0.5) is 11.9 Å². The van der Waals surface area contributed by atoms with Gasteiger partial charge in [-0.1, -0.05) is 149 Å². The molecule has 9 saturated heterocycles. The van der Waals surface area contributed by atoms with Crippen molar-refractivity contribution in [2.75, 3.05) is 37.6 Å². The maximum absolute atomic E-state index is 14.9. The minimum absolute atomic E-state index is 0.00360. The molecular formula is C113H189N15O10Si. The molecule has 780 valence electrons. The number of piperidine rings is 5. The fourth-order valence-electron chi connectivity index (χ4n) is 29.1. The van der Waals surface area contributed by atoms with Crippen LogP contribution in [0.3, 0.4) is 0 Å². The zero-order chi connectivity index (χ0) is 103. The summed E-state index contributed by atoms with van der Waals surface area (Å²) in [6.07, 6.45) is 21.8. The van der Waals surface area contributed by atoms with E-state index in [1.165, 1.54) is 53.9 Å². The molecule has 1 aromatic heterocycles. The average Bonchev–Trinajstić information content (AvgIpc) is 1.57. The highest BCUT2D eigenvalue weighted by Gasteiger charge is 2.63. The van der Waals surface area contributed by atoms with Gasteiger partial charge in [0, 0.05) is 141 Å². The first-order valence-corrected chi connectivity index (χ1v) is 56.7. The maximum Gasteiger partial charge on any atom is 0.233 e. The van der Waals surface area contributed by atoms with Crippen molar-refractivity contribution in [2.45, 2.75) is 496 Å². The number of carbonyl (C=O) groups is 8. The third kappa shape index (κ3) is 28.6. The predicted octanol–water partition coefficient (Wildman–Crippen LogP) is 19.1. The van der Waals surface area contributed by atoms with Crippen molar-refractivity contribution >= 4 is 67.5 Å². The van der Waals surface area contributed by atoms with E-state index in [1.54, 1.807) is 4.90 Å². The molecule has 26 heteroatoms. The van der Waals surface area contributed by atoms with Crippen molar-refractivity contribution in [2.24, 2.45) is 52.3 Å². The third-order valence-corrected chi connectivity index (χ3v) is 34.6. The van der Waals surface area contributed by atoms with E-state index in [0.29, 0.717) is 43.0 Å². The lowest BCUT2D eigenvalue weighted by atomic mass is 9.58. The summed E-state index contributed by atoms with van der Waals surface area (Å²) in [6.45, 7) is 71.3. The Morgan fingerprint density at radius 3 is 1.42 bits per heavy atom. The molecular weight excluding hydrogens is 1760 g/mol. The summed E-state index contributed by atoms with van der Waals surface area (Å²) in [6, 6.07) is 21.0. The fourth-order valence-corrected chi connectivity index (χ4v) is 30.1. The number of ether oxygens (including phenoxy) is 1. The van der Waals surface area contributed by atoms with E-state index < -0.39 is 42.8 Å². The zero-order valence-electron chi connectivity index (χ0n) is 92.8. The number of imide groups is 4. The molecule has 25 nitrogen and oxygen atoms in total. The number of likely N-dealkylation sites (tertiary alicyclic amines) is 4. The summed E-state index contributed by atoms with van der Waals surface area (Å²) < 4.78 is 6.02. The number of hydrogen-bond acceptors (Lipinski definition) is 21. The molecule has 3 aromatic rings. The summed E-state index contributed by atoms with van der Waals surface area (Å²) in [4.78, 5) is 148. The van der Waals surface area contributed by atoms with Crippen LogP contribution in [0.2, 0.25) is 19.1 Å². The first-order valence-electron chi connectivity index (χ1n) is 53.5. The Hall–Kier alpha value is -6.49. The van der Waals surface area contributed by atoms with Crippen molar-refractivity contribution in [3.63, 3.8) is 0 Å². The smallest absolute Gasteiger partial charge is 0.233 e. The number of amides is 8. The van der Waals surface area contributed by atoms with Gasteiger partial charge in [0.2, 0.25) is 59.2 Å². The molecule has 0 bridgehead atoms. The van der Waals surface area contributed by atoms with E-state index in [0.717, 1.165) is 138 Å². The Bertz CT molecular complexity index is 4710. The SMILES string of the molecule is CC1(C)CC(OCCC[Si](C)(C)O)CC(C)(C)N1.CCC(C)CC1C(=O)N(C2CC(C)(C)NC(C)(C)C2)C(=O)C1C.CN1C(=O)C(CC(C)(c2ccccc2)C2CC(=O)N(C3CC(C)(C)NC(C)(C)C3)C2=O)C(C(C)(CC2CC(=O)N(C3CC(C)(C)CC(C)(C)C3)C2=O)c2ccccc2)C1=O.Cc1nc(NC2CCCCC2)nc(N(CN(C)C2CC(C)(C)NC(C)(C)C2)C2CC(C)(C)NC(C)(C)C2)n1. The summed E-state index contributed by atoms with van der Waals surface area (Å²) >= 11 is 0. The van der Waals surface area contributed by atoms with E-state index in [-0.39, 0.29) is 169 Å². The van der Waals surface area contributed by atoms with Crippen LogP contribution in [-0.2, 0) is 53.9 Å². The highest BCUT2D eigenvalue weighted by Crippen LogP contribution is 2.56. The molecule has 0 radical (unpaired) electrons. The van der Waals surface area contributed by atoms with Crippen molar-refractivity contribution in [1.29, 1.82) is 0 Å². The highest BCUT2D eigenvalue weighted by molar-refractivity contribution is 6.69. The van der Waals surface area contributed by atoms with Crippen LogP contribution in [-0.4, -0.2) is 225 Å². The second kappa shape index (κ2) is 42.2. The number of rotatable bonds is 26. The topological polar surface area (TPSA) is 296 Å². The second-order valence-electron chi connectivity index (χ2n) is 54.8. The molecule has 8 amide bonds. The summed E-state index contributed by atoms with van der Waals surface area (Å²) in [7, 11) is 1.92. The molecule has 11 fully saturated rings. The molecule has 9 aliphatic heterocycles. The Labute approximate surface area is 839 Å². The van der Waals surface area contributed by atoms with E-state index in [1.807, 2.05) is 101 Å². The van der Waals surface area contributed by atoms with Gasteiger partial charge in [-0.05, 0) is 321 Å². The Kier molecular flexibility index (Phi) is 34.2. The second-order valence-corrected chi connectivity index (χ2v) is 58.9. The van der Waals surface area contributed by atoms with Crippen molar-refractivity contribution < 1.29 is 47.9 Å². The molecule has 9 atom stereocenters. The van der Waals surface area contributed by atoms with Gasteiger partial charge in [0.15, 0.2) is 8.32 Å². The van der Waals surface area contributed by atoms with Crippen LogP contribution >= 0.6 is 0 Å². The third-order valence-electron chi connectivity index (χ3n) is 33.0. The van der Waals surface area contributed by atoms with Gasteiger partial charge < -0.3 is 46.3 Å². The van der Waals surface area contributed by atoms with E-state index in [4.69, 9.17) is 19.7 Å². The lowest BCUT2D eigenvalue weighted by molar-refractivity contribution is -0.147. The molecule has 14 rings (SSSR count). The van der Waals surface area contributed by atoms with Crippen LogP contribution in [0, 0.1) is 59.2 Å². The lowest BCUT2D eigenvalue weighted by Crippen LogP contribution is -2.65. The van der Waals surface area contributed by atoms with Crippen LogP contribution in [0.5, 0.6) is 0 Å². The van der Waals surface area contributed by atoms with Gasteiger partial charge in [-0.25, -0.2) is 0 Å². The van der Waals surface area contributed by atoms with Crippen LogP contribution < -0.4 is 36.8 Å². The Morgan fingerprint density at radius 1 is 0.511 bits per heavy atom. The molecule has 9 unspecified atom stereocenters. The number of aromatic nitrogens is 3. The monoisotopic (exact) mass is 1940 g/mol. The molecule has 10 heterocycles. The van der Waals surface area contributed by atoms with E-state index >= 15 is 0 Å². The molecule has 2 aromatic carbocycles. The van der Waals surface area contributed by atoms with Gasteiger partial charge in [-0.3, -0.25) is 62.9 Å². The van der Waals surface area contributed by atoms with Crippen molar-refractivity contribution in [3.05, 3.63) is 77.6 Å². The zero-order valence-corrected chi connectivity index (χ0v) is 93.8. The minimum Gasteiger partial charge on any atom is -0.432 e. The number of nitrogens with one attached hydrogen (secondary N) is 6. The summed E-state index contributed by atoms with van der Waals surface area (Å²) in [5, 5.41) is 22.3. The number of hydrogen-bond donors (Lipinski definition) is 7. The Morgan fingerprint density at radius 2 is 0.942 bits per heavy atom. The van der Waals surface area contributed by atoms with E-state index in [2.05, 4.69) is 229 Å². The van der Waals surface area contributed by atoms with Crippen LogP contribution in [0.15, 0.2) is 60.7 Å². The molecule has 139 heavy (non-hydrogen) atoms. The molecule has 7 N–H and O–H groups in total. The van der Waals surface area contributed by atoms with Crippen LogP contribution in [0.25, 0.3) is 0 Å². The minimum atomic E-state index is -1.89. The lowest BCUT2D eigenvalue weighted by Gasteiger charge is -2.52. The van der Waals surface area contributed by atoms with E-state index in [9.17, 15) is 43.2 Å². The predicted molar refractivity (Wildman–Crippen MR) is 562 cm³/mol. The van der Waals surface area contributed by atoms with Gasteiger partial charge in [-0.2, -0.15) is 15.0 Å². The first-order chi connectivity index (χ1) is 63.8. The molecule has 2 saturated carbocycles. The van der Waals surface area contributed by atoms with Gasteiger partial charge in [0.05, 0.1) is 36.4 Å². The van der Waals surface area contributed by atoms with Crippen LogP contribution in [0.1, 0.15) is 378 Å². The van der Waals surface area contributed by atoms with Gasteiger partial charge >= 0.3 is 0 Å². The number of benzene rings is 2. The average molecular weight is 1950 g/mol. The number of anilines is 2. The maximum atomic E-state index is 14.9. The first kappa shape index (κ1) is 113. The van der Waals surface area contributed by atoms with Gasteiger partial charge in [-0.15, -0.1) is 0 Å². The highest BCUT2D eigenvalue weighted by atomic mass is 28.4. The van der Waals surface area contributed by atoms with Crippen molar-refractivity contribution in [3.8, 4) is 0 Å². The van der Waals surface area contributed by atoms with Crippen molar-refractivity contribution in [1.82, 2.24) is 66.0 Å². The number of carbonyl (C=O) groups excluding carboxylic acids is 8. The number of nitrogens with zero attached hydrogens (tertiary/aromatic N) is 9. The fraction of sp³-hybridized carbons (Fsp3) is 0.796. The normalized spacial score (nSPS) is 28.6. The summed E-state index contributed by atoms with van der Waals surface area (Å²) in [5.41, 5.74) is -0.641. The molecule has 11 aliphatic rings. The molecule has 0 spiro atoms. The molecule has 2 aliphatic carbocycles. The largest absolute Gasteiger partial charge is 0.432 e. The number of aryl methyl sites for hydroxylation is 1. The van der Waals surface area contributed by atoms with Gasteiger partial charge in [0.1, 0.15) is 5.82 Å². The van der Waals surface area contributed by atoms with Gasteiger partial charge in [0.25, 0.3) is 0 Å². The Balaban J connectivity index is 0.000000198.